The molecule has 4 aliphatic rings. The molecular formula is C31H24BrN. The number of para-hydroxylation sites is 1. The van der Waals surface area contributed by atoms with Gasteiger partial charge in [0.15, 0.2) is 0 Å². The molecule has 0 aliphatic heterocycles. The van der Waals surface area contributed by atoms with Gasteiger partial charge in [-0.05, 0) is 83.8 Å². The van der Waals surface area contributed by atoms with Gasteiger partial charge in [-0.15, -0.1) is 0 Å². The van der Waals surface area contributed by atoms with Crippen molar-refractivity contribution in [2.75, 3.05) is 0 Å². The molecule has 0 atom stereocenters. The van der Waals surface area contributed by atoms with Crippen LogP contribution in [0.3, 0.4) is 0 Å². The van der Waals surface area contributed by atoms with Crippen LogP contribution in [-0.4, -0.2) is 4.98 Å². The van der Waals surface area contributed by atoms with E-state index in [2.05, 4.69) is 113 Å². The lowest BCUT2D eigenvalue weighted by Gasteiger charge is -2.17. The van der Waals surface area contributed by atoms with Gasteiger partial charge in [0.1, 0.15) is 0 Å². The van der Waals surface area contributed by atoms with Crippen molar-refractivity contribution in [3.63, 3.8) is 0 Å². The van der Waals surface area contributed by atoms with Gasteiger partial charge >= 0.3 is 0 Å². The highest BCUT2D eigenvalue weighted by molar-refractivity contribution is 9.10. The molecule has 0 unspecified atom stereocenters. The summed E-state index contributed by atoms with van der Waals surface area (Å²) in [6, 6.07) is 35.5. The number of nitrogens with zero attached hydrogens (tertiary/aromatic N) is 1. The Balaban J connectivity index is 1.56. The van der Waals surface area contributed by atoms with Gasteiger partial charge in [0, 0.05) is 21.0 Å². The summed E-state index contributed by atoms with van der Waals surface area (Å²) in [6.45, 7) is 0. The van der Waals surface area contributed by atoms with Crippen LogP contribution in [0.1, 0.15) is 22.3 Å². The minimum Gasteiger partial charge on any atom is -0.247 e. The lowest BCUT2D eigenvalue weighted by Crippen LogP contribution is -2.02. The van der Waals surface area contributed by atoms with E-state index < -0.39 is 0 Å². The number of hydrogen-bond acceptors (Lipinski definition) is 1. The summed E-state index contributed by atoms with van der Waals surface area (Å²) >= 11 is 3.59. The number of aryl methyl sites for hydroxylation is 4. The van der Waals surface area contributed by atoms with E-state index in [1.165, 1.54) is 44.3 Å². The van der Waals surface area contributed by atoms with Gasteiger partial charge in [-0.3, -0.25) is 0 Å². The monoisotopic (exact) mass is 489 g/mol. The number of rotatable bonds is 2. The molecule has 4 aromatic carbocycles. The predicted octanol–water partition coefficient (Wildman–Crippen LogP) is 8.22. The summed E-state index contributed by atoms with van der Waals surface area (Å²) < 4.78 is 1.09. The smallest absolute Gasteiger partial charge is 0.0790 e. The summed E-state index contributed by atoms with van der Waals surface area (Å²) in [5.41, 5.74) is 11.3. The molecule has 1 nitrogen and oxygen atoms in total. The van der Waals surface area contributed by atoms with E-state index >= 15 is 0 Å². The molecule has 33 heavy (non-hydrogen) atoms. The van der Waals surface area contributed by atoms with Crippen LogP contribution in [0.25, 0.3) is 33.3 Å². The highest BCUT2D eigenvalue weighted by Crippen LogP contribution is 2.37. The number of benzene rings is 4. The molecule has 9 rings (SSSR count). The molecule has 0 fully saturated rings. The highest BCUT2D eigenvalue weighted by Gasteiger charge is 2.16. The van der Waals surface area contributed by atoms with E-state index in [9.17, 15) is 0 Å². The number of fused-ring (bicyclic) bond motifs is 1. The molecular weight excluding hydrogens is 466 g/mol. The third kappa shape index (κ3) is 4.12. The number of halogens is 1. The summed E-state index contributed by atoms with van der Waals surface area (Å²) in [7, 11) is 0. The Morgan fingerprint density at radius 2 is 1.24 bits per heavy atom. The van der Waals surface area contributed by atoms with Crippen molar-refractivity contribution < 1.29 is 0 Å². The maximum Gasteiger partial charge on any atom is 0.0790 e. The topological polar surface area (TPSA) is 12.9 Å². The fourth-order valence-electron chi connectivity index (χ4n) is 4.83. The molecule has 0 N–H and O–H groups in total. The molecule has 160 valence electrons. The van der Waals surface area contributed by atoms with E-state index in [0.717, 1.165) is 41.4 Å². The van der Waals surface area contributed by atoms with Crippen molar-refractivity contribution in [3.8, 4) is 22.4 Å². The normalized spacial score (nSPS) is 13.1. The minimum absolute atomic E-state index is 1.00. The van der Waals surface area contributed by atoms with Crippen molar-refractivity contribution >= 4 is 26.8 Å². The molecule has 5 aromatic rings. The van der Waals surface area contributed by atoms with Crippen LogP contribution < -0.4 is 0 Å². The first-order valence-corrected chi connectivity index (χ1v) is 12.4. The summed E-state index contributed by atoms with van der Waals surface area (Å²) in [4.78, 5) is 5.24. The van der Waals surface area contributed by atoms with Crippen molar-refractivity contribution in [1.82, 2.24) is 4.98 Å². The Kier molecular flexibility index (Phi) is 5.32. The first-order valence-electron chi connectivity index (χ1n) is 11.6. The van der Waals surface area contributed by atoms with Crippen LogP contribution >= 0.6 is 15.9 Å². The quantitative estimate of drug-likeness (QED) is 0.243. The second kappa shape index (κ2) is 8.61. The third-order valence-corrected chi connectivity index (χ3v) is 7.25. The van der Waals surface area contributed by atoms with Gasteiger partial charge in [0.2, 0.25) is 0 Å². The Labute approximate surface area is 203 Å². The third-order valence-electron chi connectivity index (χ3n) is 6.72. The van der Waals surface area contributed by atoms with Gasteiger partial charge in [0.05, 0.1) is 11.2 Å². The van der Waals surface area contributed by atoms with Gasteiger partial charge in [-0.25, -0.2) is 4.98 Å². The van der Waals surface area contributed by atoms with Gasteiger partial charge in [-0.2, -0.15) is 0 Å². The SMILES string of the molecule is Brc1ccc(-c2cc3ccccc3nc2-c2cc3ccc2CCc2ccc(cc2)CC3)cc1. The molecule has 0 saturated carbocycles. The van der Waals surface area contributed by atoms with Crippen LogP contribution in [0.15, 0.2) is 102 Å². The van der Waals surface area contributed by atoms with Crippen molar-refractivity contribution in [2.45, 2.75) is 25.7 Å². The first kappa shape index (κ1) is 20.4. The maximum absolute atomic E-state index is 5.24. The van der Waals surface area contributed by atoms with Crippen molar-refractivity contribution in [2.24, 2.45) is 0 Å². The standard InChI is InChI=1S/C31H24BrN/c32-27-17-15-25(16-18-27)29-20-26-3-1-2-4-30(26)33-31(29)28-19-23-10-9-21-5-7-22(8-6-21)11-13-24(28)14-12-23/h1-8,12,14-20H,9-11,13H2. The lowest BCUT2D eigenvalue weighted by molar-refractivity contribution is 0.922. The van der Waals surface area contributed by atoms with E-state index in [4.69, 9.17) is 4.98 Å². The van der Waals surface area contributed by atoms with Crippen molar-refractivity contribution in [1.29, 1.82) is 0 Å². The van der Waals surface area contributed by atoms with Crippen LogP contribution in [0.2, 0.25) is 0 Å². The molecule has 1 aromatic heterocycles. The van der Waals surface area contributed by atoms with Crippen LogP contribution in [0.4, 0.5) is 0 Å². The molecule has 0 spiro atoms. The van der Waals surface area contributed by atoms with Crippen LogP contribution in [0, 0.1) is 0 Å². The van der Waals surface area contributed by atoms with E-state index in [0.29, 0.717) is 0 Å². The predicted molar refractivity (Wildman–Crippen MR) is 142 cm³/mol. The zero-order chi connectivity index (χ0) is 22.2. The average molecular weight is 490 g/mol. The Bertz CT molecular complexity index is 1450. The molecule has 0 amide bonds. The lowest BCUT2D eigenvalue weighted by atomic mass is 9.89. The fourth-order valence-corrected chi connectivity index (χ4v) is 5.09. The molecule has 0 saturated heterocycles. The van der Waals surface area contributed by atoms with Crippen LogP contribution in [-0.2, 0) is 25.7 Å². The number of aromatic nitrogens is 1. The average Bonchev–Trinajstić information content (AvgIpc) is 2.85. The molecule has 1 heterocycles. The van der Waals surface area contributed by atoms with E-state index in [1.807, 2.05) is 0 Å². The number of pyridine rings is 1. The van der Waals surface area contributed by atoms with Crippen molar-refractivity contribution in [3.05, 3.63) is 124 Å². The molecule has 0 radical (unpaired) electrons. The second-order valence-electron chi connectivity index (χ2n) is 8.89. The van der Waals surface area contributed by atoms with Gasteiger partial charge in [0.25, 0.3) is 0 Å². The van der Waals surface area contributed by atoms with Gasteiger partial charge < -0.3 is 0 Å². The van der Waals surface area contributed by atoms with E-state index in [1.54, 1.807) is 0 Å². The fraction of sp³-hybridized carbons (Fsp3) is 0.129. The Morgan fingerprint density at radius 3 is 2.03 bits per heavy atom. The van der Waals surface area contributed by atoms with Crippen LogP contribution in [0.5, 0.6) is 0 Å². The Hall–Kier alpha value is -3.23. The second-order valence-corrected chi connectivity index (χ2v) is 9.81. The highest BCUT2D eigenvalue weighted by atomic mass is 79.9. The minimum atomic E-state index is 1.00. The number of hydrogen-bond donors (Lipinski definition) is 0. The zero-order valence-corrected chi connectivity index (χ0v) is 20.0. The molecule has 2 heteroatoms. The van der Waals surface area contributed by atoms with Gasteiger partial charge in [-0.1, -0.05) is 82.7 Å². The largest absolute Gasteiger partial charge is 0.247 e. The Morgan fingerprint density at radius 1 is 0.576 bits per heavy atom. The zero-order valence-electron chi connectivity index (χ0n) is 18.4. The summed E-state index contributed by atoms with van der Waals surface area (Å²) in [5, 5.41) is 1.17. The van der Waals surface area contributed by atoms with E-state index in [-0.39, 0.29) is 0 Å². The maximum atomic E-state index is 5.24. The molecule has 4 aliphatic carbocycles. The summed E-state index contributed by atoms with van der Waals surface area (Å²) in [5.74, 6) is 0. The summed E-state index contributed by atoms with van der Waals surface area (Å²) in [6.07, 6.45) is 4.13. The molecule has 4 bridgehead atoms. The first-order chi connectivity index (χ1) is 16.2.